The normalized spacial score (nSPS) is 12.4. The van der Waals surface area contributed by atoms with Crippen molar-refractivity contribution < 1.29 is 19.5 Å². The van der Waals surface area contributed by atoms with Gasteiger partial charge in [0.25, 0.3) is 0 Å². The van der Waals surface area contributed by atoms with E-state index in [4.69, 9.17) is 14.7 Å². The number of carbonyl (C=O) groups excluding carboxylic acids is 1. The maximum Gasteiger partial charge on any atom is 0.244 e. The molecule has 0 saturated carbocycles. The predicted octanol–water partition coefficient (Wildman–Crippen LogP) is 2.44. The van der Waals surface area contributed by atoms with Gasteiger partial charge in [0.2, 0.25) is 12.7 Å². The van der Waals surface area contributed by atoms with Gasteiger partial charge in [0.15, 0.2) is 11.5 Å². The van der Waals surface area contributed by atoms with Crippen molar-refractivity contribution in [2.75, 3.05) is 12.0 Å². The number of ether oxygens (including phenoxy) is 2. The maximum absolute atomic E-state index is 11.8. The minimum atomic E-state index is -0.246. The predicted molar refractivity (Wildman–Crippen MR) is 87.5 cm³/mol. The summed E-state index contributed by atoms with van der Waals surface area (Å²) in [6.07, 6.45) is 3.02. The number of rotatable bonds is 5. The fourth-order valence-electron chi connectivity index (χ4n) is 2.18. The highest BCUT2D eigenvalue weighted by Crippen LogP contribution is 2.32. The zero-order valence-electron chi connectivity index (χ0n) is 12.6. The monoisotopic (exact) mass is 327 g/mol. The molecule has 2 aromatic rings. The molecule has 1 aliphatic rings. The number of hydrogen-bond donors (Lipinski definition) is 2. The molecule has 0 aliphatic carbocycles. The van der Waals surface area contributed by atoms with E-state index >= 15 is 0 Å². The number of nitrogens with zero attached hydrogens (tertiary/aromatic N) is 1. The van der Waals surface area contributed by atoms with Crippen LogP contribution in [-0.4, -0.2) is 17.9 Å². The van der Waals surface area contributed by atoms with Crippen LogP contribution in [0.5, 0.6) is 11.5 Å². The van der Waals surface area contributed by atoms with Crippen molar-refractivity contribution in [1.29, 1.82) is 0 Å². The van der Waals surface area contributed by atoms with E-state index in [-0.39, 0.29) is 23.6 Å². The first-order valence-corrected chi connectivity index (χ1v) is 7.22. The van der Waals surface area contributed by atoms with Crippen LogP contribution in [-0.2, 0) is 11.3 Å². The van der Waals surface area contributed by atoms with Crippen molar-refractivity contribution >= 4 is 17.7 Å². The molecule has 0 fully saturated rings. The van der Waals surface area contributed by atoms with Crippen LogP contribution in [0.25, 0.3) is 6.08 Å². The van der Waals surface area contributed by atoms with Gasteiger partial charge in [-0.25, -0.2) is 0 Å². The minimum Gasteiger partial charge on any atom is -0.733 e. The Labute approximate surface area is 138 Å². The van der Waals surface area contributed by atoms with Crippen LogP contribution in [0, 0.1) is 5.21 Å². The van der Waals surface area contributed by atoms with Gasteiger partial charge in [-0.1, -0.05) is 18.2 Å². The average molecular weight is 327 g/mol. The zero-order valence-corrected chi connectivity index (χ0v) is 12.6. The second-order valence-corrected chi connectivity index (χ2v) is 5.10. The van der Waals surface area contributed by atoms with Crippen LogP contribution in [0.15, 0.2) is 48.5 Å². The number of fused-ring (bicyclic) bond motifs is 1. The number of carbonyl (C=O) groups is 1. The van der Waals surface area contributed by atoms with Gasteiger partial charge in [0.05, 0.1) is 5.69 Å². The highest BCUT2D eigenvalue weighted by atomic mass is 16.8. The third-order valence-corrected chi connectivity index (χ3v) is 3.44. The van der Waals surface area contributed by atoms with Crippen LogP contribution in [0.1, 0.15) is 11.1 Å². The first kappa shape index (κ1) is 15.9. The molecule has 1 aliphatic heterocycles. The molecule has 0 atom stereocenters. The fraction of sp³-hybridized carbons (Fsp3) is 0.118. The largest absolute Gasteiger partial charge is 0.733 e. The molecule has 7 nitrogen and oxygen atoms in total. The fourth-order valence-corrected chi connectivity index (χ4v) is 2.18. The molecule has 2 N–H and O–H groups in total. The minimum absolute atomic E-state index is 0.124. The van der Waals surface area contributed by atoms with E-state index in [0.717, 1.165) is 11.1 Å². The molecule has 0 bridgehead atoms. The summed E-state index contributed by atoms with van der Waals surface area (Å²) in [5.74, 6) is 1.13. The Kier molecular flexibility index (Phi) is 4.64. The number of hydrogen-bond acceptors (Lipinski definition) is 6. The molecule has 0 radical (unpaired) electrons. The molecule has 0 unspecified atom stereocenters. The van der Waals surface area contributed by atoms with Gasteiger partial charge >= 0.3 is 0 Å². The summed E-state index contributed by atoms with van der Waals surface area (Å²) in [5, 5.41) is 22.0. The third-order valence-electron chi connectivity index (χ3n) is 3.44. The first-order valence-electron chi connectivity index (χ1n) is 7.22. The molecular weight excluding hydrogens is 312 g/mol. The van der Waals surface area contributed by atoms with E-state index in [1.165, 1.54) is 18.2 Å². The zero-order chi connectivity index (χ0) is 16.9. The topological polar surface area (TPSA) is 94.1 Å². The molecule has 1 heterocycles. The van der Waals surface area contributed by atoms with Crippen molar-refractivity contribution in [2.45, 2.75) is 6.54 Å². The van der Waals surface area contributed by atoms with Crippen molar-refractivity contribution in [3.8, 4) is 11.5 Å². The Balaban J connectivity index is 1.53. The van der Waals surface area contributed by atoms with Gasteiger partial charge in [-0.15, -0.1) is 0 Å². The Hall–Kier alpha value is -3.03. The standard InChI is InChI=1S/C17H15N2O5/c20-17(8-4-12-1-5-14(6-2-12)19(21)22)18-10-13-3-7-15-16(9-13)24-11-23-15/h1-9,21H,10-11H2,(H,18,20)/q-1. The number of benzene rings is 2. The molecule has 0 saturated heterocycles. The van der Waals surface area contributed by atoms with Crippen LogP contribution in [0.2, 0.25) is 0 Å². The molecule has 124 valence electrons. The number of anilines is 1. The summed E-state index contributed by atoms with van der Waals surface area (Å²) in [6.45, 7) is 0.585. The van der Waals surface area contributed by atoms with Crippen molar-refractivity contribution in [3.63, 3.8) is 0 Å². The summed E-state index contributed by atoms with van der Waals surface area (Å²) >= 11 is 0. The molecule has 2 aromatic carbocycles. The van der Waals surface area contributed by atoms with E-state index in [0.29, 0.717) is 18.0 Å². The molecule has 1 amide bonds. The van der Waals surface area contributed by atoms with Gasteiger partial charge in [0, 0.05) is 12.6 Å². The number of amides is 1. The lowest BCUT2D eigenvalue weighted by molar-refractivity contribution is -0.116. The third kappa shape index (κ3) is 3.83. The Morgan fingerprint density at radius 2 is 1.96 bits per heavy atom. The lowest BCUT2D eigenvalue weighted by Crippen LogP contribution is -2.20. The lowest BCUT2D eigenvalue weighted by Gasteiger charge is -2.21. The highest BCUT2D eigenvalue weighted by Gasteiger charge is 2.13. The second kappa shape index (κ2) is 7.03. The second-order valence-electron chi connectivity index (χ2n) is 5.10. The quantitative estimate of drug-likeness (QED) is 0.647. The molecule has 7 heteroatoms. The van der Waals surface area contributed by atoms with E-state index in [1.807, 2.05) is 18.2 Å². The lowest BCUT2D eigenvalue weighted by atomic mass is 10.2. The van der Waals surface area contributed by atoms with Gasteiger partial charge in [-0.2, -0.15) is 0 Å². The Morgan fingerprint density at radius 3 is 2.71 bits per heavy atom. The van der Waals surface area contributed by atoms with Gasteiger partial charge in [-0.05, 0) is 41.5 Å². The van der Waals surface area contributed by atoms with Gasteiger partial charge < -0.3 is 25.2 Å². The van der Waals surface area contributed by atoms with Gasteiger partial charge in [-0.3, -0.25) is 10.0 Å². The van der Waals surface area contributed by atoms with Gasteiger partial charge in [0.1, 0.15) is 0 Å². The summed E-state index contributed by atoms with van der Waals surface area (Å²) < 4.78 is 10.5. The summed E-state index contributed by atoms with van der Waals surface area (Å²) in [7, 11) is 0. The molecule has 0 aromatic heterocycles. The summed E-state index contributed by atoms with van der Waals surface area (Å²) in [5.41, 5.74) is 1.77. The Morgan fingerprint density at radius 1 is 1.21 bits per heavy atom. The first-order chi connectivity index (χ1) is 11.6. The van der Waals surface area contributed by atoms with E-state index in [9.17, 15) is 10.0 Å². The smallest absolute Gasteiger partial charge is 0.244 e. The van der Waals surface area contributed by atoms with Crippen LogP contribution in [0.3, 0.4) is 0 Å². The molecule has 3 rings (SSSR count). The van der Waals surface area contributed by atoms with Crippen molar-refractivity contribution in [2.24, 2.45) is 0 Å². The van der Waals surface area contributed by atoms with Crippen LogP contribution in [0.4, 0.5) is 5.69 Å². The van der Waals surface area contributed by atoms with Crippen LogP contribution >= 0.6 is 0 Å². The SMILES string of the molecule is O=C(C=Cc1ccc(N([O-])O)cc1)NCc1ccc2c(c1)OCO2. The van der Waals surface area contributed by atoms with E-state index in [2.05, 4.69) is 5.32 Å². The molecule has 24 heavy (non-hydrogen) atoms. The van der Waals surface area contributed by atoms with Crippen molar-refractivity contribution in [1.82, 2.24) is 5.32 Å². The summed E-state index contributed by atoms with van der Waals surface area (Å²) in [6, 6.07) is 11.7. The average Bonchev–Trinajstić information content (AvgIpc) is 3.06. The maximum atomic E-state index is 11.8. The van der Waals surface area contributed by atoms with E-state index < -0.39 is 0 Å². The Bertz CT molecular complexity index is 756. The number of nitrogens with one attached hydrogen (secondary N) is 1. The molecule has 0 spiro atoms. The highest BCUT2D eigenvalue weighted by molar-refractivity contribution is 5.91. The van der Waals surface area contributed by atoms with Crippen molar-refractivity contribution in [3.05, 3.63) is 64.9 Å². The van der Waals surface area contributed by atoms with E-state index in [1.54, 1.807) is 18.2 Å². The summed E-state index contributed by atoms with van der Waals surface area (Å²) in [4.78, 5) is 11.8. The van der Waals surface area contributed by atoms with Crippen LogP contribution < -0.4 is 20.0 Å². The molecular formula is C17H15N2O5-.